The Balaban J connectivity index is 0. The summed E-state index contributed by atoms with van der Waals surface area (Å²) in [5, 5.41) is 0. The fourth-order valence-electron chi connectivity index (χ4n) is 2.07. The molecule has 1 amide bonds. The maximum atomic E-state index is 12.1. The molecule has 115 valence electrons. The summed E-state index contributed by atoms with van der Waals surface area (Å²) in [6, 6.07) is 9.35. The van der Waals surface area contributed by atoms with Crippen molar-refractivity contribution in [1.29, 1.82) is 0 Å². The van der Waals surface area contributed by atoms with Crippen LogP contribution in [0.15, 0.2) is 30.3 Å². The Morgan fingerprint density at radius 3 is 1.95 bits per heavy atom. The predicted molar refractivity (Wildman–Crippen MR) is 83.5 cm³/mol. The van der Waals surface area contributed by atoms with Crippen LogP contribution < -0.4 is 0 Å². The van der Waals surface area contributed by atoms with Gasteiger partial charge in [-0.05, 0) is 25.9 Å². The minimum absolute atomic E-state index is 0. The van der Waals surface area contributed by atoms with Crippen LogP contribution in [0.4, 0.5) is 0 Å². The average molecular weight is 365 g/mol. The van der Waals surface area contributed by atoms with Gasteiger partial charge in [-0.3, -0.25) is 4.79 Å². The zero-order chi connectivity index (χ0) is 15.4. The van der Waals surface area contributed by atoms with Crippen molar-refractivity contribution in [3.63, 3.8) is 0 Å². The van der Waals surface area contributed by atoms with Gasteiger partial charge in [0.15, 0.2) is 5.78 Å². The Bertz CT molecular complexity index is 374. The van der Waals surface area contributed by atoms with E-state index < -0.39 is 0 Å². The van der Waals surface area contributed by atoms with Gasteiger partial charge in [-0.15, -0.1) is 0 Å². The molecular formula is C17H26NO2Y-. The van der Waals surface area contributed by atoms with E-state index >= 15 is 0 Å². The molecule has 0 atom stereocenters. The summed E-state index contributed by atoms with van der Waals surface area (Å²) in [5.74, 6) is 0.262. The second-order valence-corrected chi connectivity index (χ2v) is 4.08. The number of piperidine rings is 1. The van der Waals surface area contributed by atoms with Crippen LogP contribution in [0, 0.1) is 5.92 Å². The molecule has 4 heteroatoms. The first-order chi connectivity index (χ1) is 9.81. The van der Waals surface area contributed by atoms with Gasteiger partial charge in [0.05, 0.1) is 0 Å². The van der Waals surface area contributed by atoms with E-state index in [1.807, 2.05) is 64.4 Å². The number of carbonyl (C=O) groups excluding carboxylic acids is 2. The molecule has 0 bridgehead atoms. The first-order valence-corrected chi connectivity index (χ1v) is 7.53. The van der Waals surface area contributed by atoms with Gasteiger partial charge in [-0.2, -0.15) is 6.41 Å². The van der Waals surface area contributed by atoms with Gasteiger partial charge in [-0.1, -0.05) is 58.0 Å². The summed E-state index contributed by atoms with van der Waals surface area (Å²) < 4.78 is 0. The zero-order valence-electron chi connectivity index (χ0n) is 13.6. The van der Waals surface area contributed by atoms with E-state index in [4.69, 9.17) is 0 Å². The molecule has 1 aliphatic heterocycles. The fourth-order valence-corrected chi connectivity index (χ4v) is 2.07. The molecule has 1 aromatic carbocycles. The number of carbonyl (C=O) groups is 1. The number of amides is 1. The molecule has 0 N–H and O–H groups in total. The van der Waals surface area contributed by atoms with Crippen molar-refractivity contribution in [2.75, 3.05) is 13.1 Å². The van der Waals surface area contributed by atoms with E-state index in [2.05, 4.69) is 0 Å². The van der Waals surface area contributed by atoms with E-state index in [0.717, 1.165) is 18.4 Å². The minimum Gasteiger partial charge on any atom is -0.520 e. The summed E-state index contributed by atoms with van der Waals surface area (Å²) in [7, 11) is 0. The summed E-state index contributed by atoms with van der Waals surface area (Å²) in [6.45, 7) is 9.29. The van der Waals surface area contributed by atoms with Gasteiger partial charge in [0.25, 0.3) is 0 Å². The number of hydrogen-bond acceptors (Lipinski definition) is 2. The Kier molecular flexibility index (Phi) is 15.6. The number of benzene rings is 1. The molecule has 1 saturated heterocycles. The number of ketones is 1. The molecule has 1 aromatic rings. The van der Waals surface area contributed by atoms with Crippen molar-refractivity contribution >= 4 is 12.2 Å². The van der Waals surface area contributed by atoms with Gasteiger partial charge >= 0.3 is 0 Å². The van der Waals surface area contributed by atoms with Crippen molar-refractivity contribution in [1.82, 2.24) is 4.90 Å². The largest absolute Gasteiger partial charge is 0.520 e. The van der Waals surface area contributed by atoms with E-state index in [-0.39, 0.29) is 44.4 Å². The van der Waals surface area contributed by atoms with Crippen molar-refractivity contribution < 1.29 is 42.3 Å². The topological polar surface area (TPSA) is 37.4 Å². The normalized spacial score (nSPS) is 13.6. The molecule has 1 radical (unpaired) electrons. The monoisotopic (exact) mass is 365 g/mol. The summed E-state index contributed by atoms with van der Waals surface area (Å²) >= 11 is 0. The van der Waals surface area contributed by atoms with E-state index in [1.165, 1.54) is 0 Å². The van der Waals surface area contributed by atoms with E-state index in [1.54, 1.807) is 4.90 Å². The van der Waals surface area contributed by atoms with E-state index in [0.29, 0.717) is 13.1 Å². The Labute approximate surface area is 154 Å². The molecule has 1 aliphatic rings. The molecular weight excluding hydrogens is 339 g/mol. The molecule has 0 spiro atoms. The Morgan fingerprint density at radius 1 is 1.05 bits per heavy atom. The Morgan fingerprint density at radius 2 is 1.52 bits per heavy atom. The van der Waals surface area contributed by atoms with Gasteiger partial charge in [-0.25, -0.2) is 0 Å². The minimum atomic E-state index is 0. The molecule has 0 unspecified atom stereocenters. The van der Waals surface area contributed by atoms with Crippen LogP contribution >= 0.6 is 0 Å². The molecule has 0 aromatic heterocycles. The maximum absolute atomic E-state index is 12.1. The van der Waals surface area contributed by atoms with Crippen LogP contribution in [0.2, 0.25) is 0 Å². The summed E-state index contributed by atoms with van der Waals surface area (Å²) in [4.78, 5) is 24.1. The number of hydrogen-bond donors (Lipinski definition) is 0. The number of nitrogens with zero attached hydrogens (tertiary/aromatic N) is 1. The third-order valence-corrected chi connectivity index (χ3v) is 3.05. The van der Waals surface area contributed by atoms with Gasteiger partial charge in [0.2, 0.25) is 0 Å². The summed E-state index contributed by atoms with van der Waals surface area (Å²) in [6.07, 6.45) is 3.38. The molecule has 21 heavy (non-hydrogen) atoms. The molecule has 0 aliphatic carbocycles. The smallest absolute Gasteiger partial charge is 0.166 e. The third kappa shape index (κ3) is 7.87. The van der Waals surface area contributed by atoms with Crippen LogP contribution in [0.25, 0.3) is 0 Å². The van der Waals surface area contributed by atoms with Crippen LogP contribution in [-0.4, -0.2) is 30.2 Å². The average Bonchev–Trinajstić information content (AvgIpc) is 2.59. The second-order valence-electron chi connectivity index (χ2n) is 4.08. The van der Waals surface area contributed by atoms with Gasteiger partial charge in [0, 0.05) is 44.2 Å². The van der Waals surface area contributed by atoms with Crippen LogP contribution in [-0.2, 0) is 37.5 Å². The van der Waals surface area contributed by atoms with Crippen molar-refractivity contribution in [2.24, 2.45) is 5.92 Å². The number of likely N-dealkylation sites (tertiary alicyclic amines) is 1. The van der Waals surface area contributed by atoms with Crippen molar-refractivity contribution in [3.05, 3.63) is 35.9 Å². The Hall–Kier alpha value is -0.536. The number of Topliss-reactive ketones (excluding diaryl/α,β-unsaturated/α-hetero) is 1. The molecule has 0 saturated carbocycles. The first kappa shape index (κ1) is 22.7. The van der Waals surface area contributed by atoms with Crippen LogP contribution in [0.5, 0.6) is 0 Å². The number of rotatable bonds is 3. The van der Waals surface area contributed by atoms with Crippen LogP contribution in [0.3, 0.4) is 0 Å². The van der Waals surface area contributed by atoms with Gasteiger partial charge < -0.3 is 9.69 Å². The van der Waals surface area contributed by atoms with Crippen molar-refractivity contribution in [2.45, 2.75) is 40.5 Å². The standard InChI is InChI=1S/C13H14NO2.2C2H6.Y/c15-10-14-8-6-12(7-9-14)13(16)11-4-2-1-3-5-11;2*1-2;/h1-5,12H,6-9H2;2*1-2H3;/q-1;;;. The van der Waals surface area contributed by atoms with Crippen molar-refractivity contribution in [3.8, 4) is 0 Å². The second kappa shape index (κ2) is 14.4. The summed E-state index contributed by atoms with van der Waals surface area (Å²) in [5.41, 5.74) is 0.774. The maximum Gasteiger partial charge on any atom is 0.166 e. The molecule has 1 fully saturated rings. The first-order valence-electron chi connectivity index (χ1n) is 7.53. The quantitative estimate of drug-likeness (QED) is 0.605. The zero-order valence-corrected chi connectivity index (χ0v) is 16.5. The molecule has 2 rings (SSSR count). The third-order valence-electron chi connectivity index (χ3n) is 3.05. The van der Waals surface area contributed by atoms with Crippen LogP contribution in [0.1, 0.15) is 50.9 Å². The fraction of sp³-hybridized carbons (Fsp3) is 0.529. The predicted octanol–water partition coefficient (Wildman–Crippen LogP) is 3.70. The molecule has 1 heterocycles. The van der Waals surface area contributed by atoms with E-state index in [9.17, 15) is 9.59 Å². The molecule has 3 nitrogen and oxygen atoms in total. The van der Waals surface area contributed by atoms with Gasteiger partial charge in [0.1, 0.15) is 0 Å². The SMILES string of the molecule is CC.CC.O=[C-]N1CCC(C(=O)c2ccccc2)CC1.[Y].